The average molecular weight is 491 g/mol. The van der Waals surface area contributed by atoms with Crippen LogP contribution < -0.4 is 0 Å². The first-order valence-corrected chi connectivity index (χ1v) is 12.9. The third-order valence-corrected chi connectivity index (χ3v) is 7.52. The molecule has 0 saturated heterocycles. The van der Waals surface area contributed by atoms with Gasteiger partial charge in [0.15, 0.2) is 0 Å². The van der Waals surface area contributed by atoms with Crippen molar-refractivity contribution < 1.29 is 0 Å². The highest BCUT2D eigenvalue weighted by atomic mass is 35.5. The molecule has 1 heteroatoms. The molecule has 0 bridgehead atoms. The lowest BCUT2D eigenvalue weighted by molar-refractivity contribution is 1.64. The van der Waals surface area contributed by atoms with Gasteiger partial charge in [-0.15, -0.1) is 0 Å². The zero-order chi connectivity index (χ0) is 24.8. The summed E-state index contributed by atoms with van der Waals surface area (Å²) in [5, 5.41) is 8.19. The van der Waals surface area contributed by atoms with Crippen LogP contribution in [0.15, 0.2) is 140 Å². The number of halogens is 1. The van der Waals surface area contributed by atoms with Crippen LogP contribution in [0.4, 0.5) is 0 Å². The van der Waals surface area contributed by atoms with Crippen molar-refractivity contribution >= 4 is 43.9 Å². The van der Waals surface area contributed by atoms with Crippen LogP contribution in [-0.4, -0.2) is 0 Å². The van der Waals surface area contributed by atoms with E-state index in [0.29, 0.717) is 0 Å². The van der Waals surface area contributed by atoms with Crippen molar-refractivity contribution in [1.29, 1.82) is 0 Å². The van der Waals surface area contributed by atoms with Gasteiger partial charge in [-0.25, -0.2) is 0 Å². The molecule has 7 aromatic carbocycles. The quantitative estimate of drug-likeness (QED) is 0.216. The molecule has 0 fully saturated rings. The maximum atomic E-state index is 6.48. The molecule has 7 aromatic rings. The minimum Gasteiger partial charge on any atom is -0.0843 e. The molecule has 0 radical (unpaired) electrons. The van der Waals surface area contributed by atoms with E-state index in [4.69, 9.17) is 11.6 Å². The van der Waals surface area contributed by atoms with Crippen LogP contribution in [-0.2, 0) is 0 Å². The molecule has 0 saturated carbocycles. The Hall–Kier alpha value is -4.39. The Morgan fingerprint density at radius 1 is 0.324 bits per heavy atom. The number of hydrogen-bond donors (Lipinski definition) is 0. The van der Waals surface area contributed by atoms with Gasteiger partial charge in [0, 0.05) is 5.02 Å². The second-order valence-electron chi connectivity index (χ2n) is 9.49. The molecular weight excluding hydrogens is 468 g/mol. The Balaban J connectivity index is 1.60. The molecule has 174 valence electrons. The molecular formula is C36H23Cl. The fourth-order valence-corrected chi connectivity index (χ4v) is 5.79. The molecule has 7 rings (SSSR count). The summed E-state index contributed by atoms with van der Waals surface area (Å²) in [6, 6.07) is 49.8. The lowest BCUT2D eigenvalue weighted by Gasteiger charge is -2.19. The van der Waals surface area contributed by atoms with Crippen molar-refractivity contribution in [3.8, 4) is 33.4 Å². The summed E-state index contributed by atoms with van der Waals surface area (Å²) in [5.41, 5.74) is 7.26. The molecule has 0 amide bonds. The van der Waals surface area contributed by atoms with Crippen LogP contribution in [0.2, 0.25) is 5.02 Å². The molecule has 0 aromatic heterocycles. The third kappa shape index (κ3) is 3.78. The summed E-state index contributed by atoms with van der Waals surface area (Å²) >= 11 is 6.48. The topological polar surface area (TPSA) is 0 Å². The van der Waals surface area contributed by atoms with Crippen LogP contribution in [0.1, 0.15) is 0 Å². The first-order valence-electron chi connectivity index (χ1n) is 12.6. The molecule has 0 unspecified atom stereocenters. The van der Waals surface area contributed by atoms with E-state index in [2.05, 4.69) is 127 Å². The normalized spacial score (nSPS) is 11.4. The highest BCUT2D eigenvalue weighted by Crippen LogP contribution is 2.45. The Bertz CT molecular complexity index is 1930. The highest BCUT2D eigenvalue weighted by molar-refractivity contribution is 6.31. The van der Waals surface area contributed by atoms with Crippen molar-refractivity contribution in [2.45, 2.75) is 0 Å². The lowest BCUT2D eigenvalue weighted by Crippen LogP contribution is -1.91. The first-order chi connectivity index (χ1) is 18.3. The fourth-order valence-electron chi connectivity index (χ4n) is 5.60. The molecule has 0 heterocycles. The standard InChI is InChI=1S/C36H23Cl/c37-30-14-8-13-29(22-30)36-32-16-7-6-15-31(32)35(25-10-2-1-3-11-25)34-23-28(19-20-33(34)36)27-18-17-24-9-4-5-12-26(24)21-27/h1-23H. The van der Waals surface area contributed by atoms with E-state index < -0.39 is 0 Å². The molecule has 0 N–H and O–H groups in total. The van der Waals surface area contributed by atoms with Gasteiger partial charge in [-0.05, 0) is 90.0 Å². The van der Waals surface area contributed by atoms with Crippen LogP contribution in [0.25, 0.3) is 65.7 Å². The summed E-state index contributed by atoms with van der Waals surface area (Å²) in [5.74, 6) is 0. The van der Waals surface area contributed by atoms with E-state index in [-0.39, 0.29) is 0 Å². The van der Waals surface area contributed by atoms with E-state index >= 15 is 0 Å². The second-order valence-corrected chi connectivity index (χ2v) is 9.93. The van der Waals surface area contributed by atoms with Gasteiger partial charge in [-0.2, -0.15) is 0 Å². The highest BCUT2D eigenvalue weighted by Gasteiger charge is 2.17. The van der Waals surface area contributed by atoms with Gasteiger partial charge in [0.25, 0.3) is 0 Å². The van der Waals surface area contributed by atoms with E-state index in [1.54, 1.807) is 0 Å². The van der Waals surface area contributed by atoms with Gasteiger partial charge >= 0.3 is 0 Å². The SMILES string of the molecule is Clc1cccc(-c2c3ccccc3c(-c3ccccc3)c3cc(-c4ccc5ccccc5c4)ccc23)c1. The maximum Gasteiger partial charge on any atom is 0.0412 e. The van der Waals surface area contributed by atoms with Crippen molar-refractivity contribution in [2.75, 3.05) is 0 Å². The number of rotatable bonds is 3. The summed E-state index contributed by atoms with van der Waals surface area (Å²) in [4.78, 5) is 0. The molecule has 0 aliphatic heterocycles. The number of fused-ring (bicyclic) bond motifs is 3. The van der Waals surface area contributed by atoms with Crippen LogP contribution in [0, 0.1) is 0 Å². The minimum atomic E-state index is 0.745. The molecule has 0 nitrogen and oxygen atoms in total. The van der Waals surface area contributed by atoms with E-state index in [0.717, 1.165) is 10.6 Å². The molecule has 0 aliphatic carbocycles. The average Bonchev–Trinajstić information content (AvgIpc) is 2.95. The van der Waals surface area contributed by atoms with Gasteiger partial charge in [-0.1, -0.05) is 127 Å². The van der Waals surface area contributed by atoms with Gasteiger partial charge in [0.2, 0.25) is 0 Å². The predicted molar refractivity (Wildman–Crippen MR) is 160 cm³/mol. The smallest absolute Gasteiger partial charge is 0.0412 e. The maximum absolute atomic E-state index is 6.48. The zero-order valence-corrected chi connectivity index (χ0v) is 20.9. The molecule has 37 heavy (non-hydrogen) atoms. The van der Waals surface area contributed by atoms with E-state index in [1.807, 2.05) is 12.1 Å². The number of benzene rings is 7. The van der Waals surface area contributed by atoms with Gasteiger partial charge in [-0.3, -0.25) is 0 Å². The third-order valence-electron chi connectivity index (χ3n) is 7.28. The van der Waals surface area contributed by atoms with Crippen molar-refractivity contribution in [3.05, 3.63) is 145 Å². The van der Waals surface area contributed by atoms with Gasteiger partial charge in [0.05, 0.1) is 0 Å². The molecule has 0 atom stereocenters. The largest absolute Gasteiger partial charge is 0.0843 e. The van der Waals surface area contributed by atoms with E-state index in [1.165, 1.54) is 60.1 Å². The molecule has 0 aliphatic rings. The predicted octanol–water partition coefficient (Wildman–Crippen LogP) is 10.8. The fraction of sp³-hybridized carbons (Fsp3) is 0. The Labute approximate surface area is 221 Å². The van der Waals surface area contributed by atoms with E-state index in [9.17, 15) is 0 Å². The lowest BCUT2D eigenvalue weighted by atomic mass is 9.85. The van der Waals surface area contributed by atoms with Crippen LogP contribution >= 0.6 is 11.6 Å². The summed E-state index contributed by atoms with van der Waals surface area (Å²) in [6.07, 6.45) is 0. The summed E-state index contributed by atoms with van der Waals surface area (Å²) in [6.45, 7) is 0. The van der Waals surface area contributed by atoms with Crippen molar-refractivity contribution in [1.82, 2.24) is 0 Å². The number of hydrogen-bond acceptors (Lipinski definition) is 0. The first kappa shape index (κ1) is 21.9. The van der Waals surface area contributed by atoms with Crippen LogP contribution in [0.5, 0.6) is 0 Å². The summed E-state index contributed by atoms with van der Waals surface area (Å²) in [7, 11) is 0. The van der Waals surface area contributed by atoms with Gasteiger partial charge < -0.3 is 0 Å². The molecule has 0 spiro atoms. The monoisotopic (exact) mass is 490 g/mol. The second kappa shape index (κ2) is 8.92. The Kier molecular flexibility index (Phi) is 5.27. The van der Waals surface area contributed by atoms with Crippen molar-refractivity contribution in [2.24, 2.45) is 0 Å². The van der Waals surface area contributed by atoms with Gasteiger partial charge in [0.1, 0.15) is 0 Å². The van der Waals surface area contributed by atoms with Crippen LogP contribution in [0.3, 0.4) is 0 Å². The Morgan fingerprint density at radius 3 is 1.70 bits per heavy atom. The summed E-state index contributed by atoms with van der Waals surface area (Å²) < 4.78 is 0. The van der Waals surface area contributed by atoms with Crippen molar-refractivity contribution in [3.63, 3.8) is 0 Å². The minimum absolute atomic E-state index is 0.745. The Morgan fingerprint density at radius 2 is 0.919 bits per heavy atom. The zero-order valence-electron chi connectivity index (χ0n) is 20.2.